The first-order valence-corrected chi connectivity index (χ1v) is 9.61. The Kier molecular flexibility index (Phi) is 3.94. The Morgan fingerprint density at radius 3 is 2.67 bits per heavy atom. The average Bonchev–Trinajstić information content (AvgIpc) is 2.82. The molecule has 0 spiro atoms. The van der Waals surface area contributed by atoms with Crippen molar-refractivity contribution in [1.82, 2.24) is 0 Å². The fraction of sp³-hybridized carbons (Fsp3) is 0.667. The van der Waals surface area contributed by atoms with Crippen LogP contribution in [0.4, 0.5) is 0 Å². The van der Waals surface area contributed by atoms with Crippen LogP contribution < -0.4 is 0 Å². The Morgan fingerprint density at radius 1 is 1.30 bits per heavy atom. The smallest absolute Gasteiger partial charge is 0.192 e. The van der Waals surface area contributed by atoms with Gasteiger partial charge in [0.05, 0.1) is 6.10 Å². The molecule has 3 saturated carbocycles. The van der Waals surface area contributed by atoms with Crippen molar-refractivity contribution in [3.05, 3.63) is 23.8 Å². The Labute approximate surface area is 158 Å². The Bertz CT molecular complexity index is 796. The number of Topliss-reactive ketones (excluding diaryl/α,β-unsaturated/α-hetero) is 2. The number of ketones is 3. The van der Waals surface area contributed by atoms with Crippen LogP contribution >= 0.6 is 0 Å². The van der Waals surface area contributed by atoms with Crippen molar-refractivity contribution in [3.8, 4) is 0 Å². The fourth-order valence-corrected chi connectivity index (χ4v) is 6.67. The second kappa shape index (κ2) is 5.69. The molecule has 0 unspecified atom stereocenters. The van der Waals surface area contributed by atoms with Crippen molar-refractivity contribution in [2.45, 2.75) is 51.2 Å². The Hall–Kier alpha value is -1.63. The molecular weight excluding hydrogens is 348 g/mol. The third-order valence-corrected chi connectivity index (χ3v) is 8.05. The quantitative estimate of drug-likeness (QED) is 0.657. The zero-order chi connectivity index (χ0) is 19.8. The third kappa shape index (κ3) is 2.15. The van der Waals surface area contributed by atoms with Crippen LogP contribution in [-0.2, 0) is 14.4 Å². The van der Waals surface area contributed by atoms with E-state index in [-0.39, 0.29) is 42.2 Å². The molecule has 6 heteroatoms. The topological polar surface area (TPSA) is 112 Å². The molecule has 0 aromatic rings. The van der Waals surface area contributed by atoms with E-state index in [0.717, 1.165) is 5.57 Å². The molecule has 0 aliphatic heterocycles. The number of aliphatic hydroxyl groups excluding tert-OH is 2. The highest BCUT2D eigenvalue weighted by atomic mass is 16.4. The van der Waals surface area contributed by atoms with Gasteiger partial charge in [0.15, 0.2) is 17.2 Å². The molecule has 7 atom stereocenters. The van der Waals surface area contributed by atoms with Gasteiger partial charge in [0.2, 0.25) is 0 Å². The summed E-state index contributed by atoms with van der Waals surface area (Å²) >= 11 is 0. The maximum atomic E-state index is 13.3. The summed E-state index contributed by atoms with van der Waals surface area (Å²) in [4.78, 5) is 37.5. The molecular formula is C21H26O6. The molecule has 0 heterocycles. The summed E-state index contributed by atoms with van der Waals surface area (Å²) < 4.78 is 0. The lowest BCUT2D eigenvalue weighted by atomic mass is 9.46. The number of hydrogen-bond acceptors (Lipinski definition) is 6. The van der Waals surface area contributed by atoms with Gasteiger partial charge in [-0.25, -0.2) is 0 Å². The standard InChI is InChI=1S/C21H26O6/c1-19-6-5-12(23)7-11(19)3-4-13-14-8-16(25)21(27,17(26)10-22)20(14,2)9-15(24)18(13)19/h5-7,13-14,16,18,22,25,27H,3-4,8-10H2,1-2H3/t13-,14+,16+,18-,19-,20-,21-/m0/s1. The number of fused-ring (bicyclic) bond motifs is 5. The van der Waals surface area contributed by atoms with Crippen molar-refractivity contribution >= 4 is 17.3 Å². The van der Waals surface area contributed by atoms with Gasteiger partial charge in [0.25, 0.3) is 0 Å². The molecule has 27 heavy (non-hydrogen) atoms. The largest absolute Gasteiger partial charge is 0.390 e. The maximum absolute atomic E-state index is 13.3. The van der Waals surface area contributed by atoms with Gasteiger partial charge in [0, 0.05) is 23.2 Å². The molecule has 4 aliphatic rings. The molecule has 4 rings (SSSR count). The minimum atomic E-state index is -2.11. The lowest BCUT2D eigenvalue weighted by Crippen LogP contribution is -2.63. The van der Waals surface area contributed by atoms with Crippen LogP contribution in [0.5, 0.6) is 0 Å². The maximum Gasteiger partial charge on any atom is 0.192 e. The molecule has 0 saturated heterocycles. The first kappa shape index (κ1) is 18.7. The van der Waals surface area contributed by atoms with Gasteiger partial charge in [-0.1, -0.05) is 25.5 Å². The van der Waals surface area contributed by atoms with Gasteiger partial charge in [-0.2, -0.15) is 0 Å². The first-order valence-electron chi connectivity index (χ1n) is 9.61. The second-order valence-electron chi connectivity index (χ2n) is 9.13. The predicted octanol–water partition coefficient (Wildman–Crippen LogP) is 0.737. The fourth-order valence-electron chi connectivity index (χ4n) is 6.67. The van der Waals surface area contributed by atoms with Gasteiger partial charge >= 0.3 is 0 Å². The highest BCUT2D eigenvalue weighted by Gasteiger charge is 2.71. The van der Waals surface area contributed by atoms with E-state index in [2.05, 4.69) is 0 Å². The average molecular weight is 374 g/mol. The minimum Gasteiger partial charge on any atom is -0.390 e. The lowest BCUT2D eigenvalue weighted by molar-refractivity contribution is -0.179. The molecule has 3 fully saturated rings. The first-order chi connectivity index (χ1) is 12.6. The van der Waals surface area contributed by atoms with Crippen molar-refractivity contribution in [2.24, 2.45) is 28.6 Å². The minimum absolute atomic E-state index is 0.0250. The summed E-state index contributed by atoms with van der Waals surface area (Å²) in [6.07, 6.45) is 5.23. The monoisotopic (exact) mass is 374 g/mol. The van der Waals surface area contributed by atoms with E-state index in [1.807, 2.05) is 13.0 Å². The highest BCUT2D eigenvalue weighted by molar-refractivity contribution is 6.02. The third-order valence-electron chi connectivity index (χ3n) is 8.05. The molecule has 0 amide bonds. The van der Waals surface area contributed by atoms with Crippen molar-refractivity contribution in [2.75, 3.05) is 6.61 Å². The van der Waals surface area contributed by atoms with Crippen LogP contribution in [0, 0.1) is 28.6 Å². The van der Waals surface area contributed by atoms with Crippen LogP contribution in [0.2, 0.25) is 0 Å². The molecule has 0 aromatic carbocycles. The lowest BCUT2D eigenvalue weighted by Gasteiger charge is -2.56. The number of carbonyl (C=O) groups is 3. The van der Waals surface area contributed by atoms with Crippen molar-refractivity contribution < 1.29 is 29.7 Å². The summed E-state index contributed by atoms with van der Waals surface area (Å²) in [5.74, 6) is -1.57. The van der Waals surface area contributed by atoms with Gasteiger partial charge < -0.3 is 15.3 Å². The highest BCUT2D eigenvalue weighted by Crippen LogP contribution is 2.66. The molecule has 4 aliphatic carbocycles. The Morgan fingerprint density at radius 2 is 2.00 bits per heavy atom. The van der Waals surface area contributed by atoms with Gasteiger partial charge in [-0.05, 0) is 43.3 Å². The van der Waals surface area contributed by atoms with Gasteiger partial charge in [0.1, 0.15) is 12.4 Å². The van der Waals surface area contributed by atoms with Crippen molar-refractivity contribution in [1.29, 1.82) is 0 Å². The SMILES string of the molecule is C[C@]12C=CC(=O)C=C1CC[C@@H]1[C@H]2C(=O)C[C@@]2(C)[C@@H]1C[C@@H](O)[C@]2(O)C(=O)CO. The summed E-state index contributed by atoms with van der Waals surface area (Å²) in [5.41, 5.74) is -2.78. The molecule has 3 N–H and O–H groups in total. The van der Waals surface area contributed by atoms with Crippen LogP contribution in [0.25, 0.3) is 0 Å². The number of rotatable bonds is 2. The molecule has 0 aromatic heterocycles. The van der Waals surface area contributed by atoms with E-state index in [9.17, 15) is 29.7 Å². The zero-order valence-corrected chi connectivity index (χ0v) is 15.6. The van der Waals surface area contributed by atoms with Crippen molar-refractivity contribution in [3.63, 3.8) is 0 Å². The molecule has 0 bridgehead atoms. The van der Waals surface area contributed by atoms with E-state index in [4.69, 9.17) is 0 Å². The molecule has 6 nitrogen and oxygen atoms in total. The molecule has 146 valence electrons. The van der Waals surface area contributed by atoms with E-state index in [1.165, 1.54) is 6.08 Å². The van der Waals surface area contributed by atoms with Crippen LogP contribution in [0.15, 0.2) is 23.8 Å². The summed E-state index contributed by atoms with van der Waals surface area (Å²) in [7, 11) is 0. The number of aliphatic hydroxyl groups is 3. The summed E-state index contributed by atoms with van der Waals surface area (Å²) in [6, 6.07) is 0. The van der Waals surface area contributed by atoms with Crippen LogP contribution in [0.3, 0.4) is 0 Å². The van der Waals surface area contributed by atoms with E-state index >= 15 is 0 Å². The normalized spacial score (nSPS) is 48.6. The number of carbonyl (C=O) groups excluding carboxylic acids is 3. The predicted molar refractivity (Wildman–Crippen MR) is 95.4 cm³/mol. The van der Waals surface area contributed by atoms with E-state index in [1.54, 1.807) is 13.0 Å². The van der Waals surface area contributed by atoms with E-state index in [0.29, 0.717) is 12.8 Å². The van der Waals surface area contributed by atoms with E-state index < -0.39 is 34.9 Å². The van der Waals surface area contributed by atoms with Crippen LogP contribution in [-0.4, -0.2) is 51.0 Å². The second-order valence-corrected chi connectivity index (χ2v) is 9.13. The number of allylic oxidation sites excluding steroid dienone is 4. The van der Waals surface area contributed by atoms with Gasteiger partial charge in [-0.15, -0.1) is 0 Å². The summed E-state index contributed by atoms with van der Waals surface area (Å²) in [5, 5.41) is 31.1. The molecule has 0 radical (unpaired) electrons. The Balaban J connectivity index is 1.79. The zero-order valence-electron chi connectivity index (χ0n) is 15.6. The van der Waals surface area contributed by atoms with Gasteiger partial charge in [-0.3, -0.25) is 14.4 Å². The number of hydrogen-bond donors (Lipinski definition) is 3. The summed E-state index contributed by atoms with van der Waals surface area (Å²) in [6.45, 7) is 2.81. The van der Waals surface area contributed by atoms with Crippen LogP contribution in [0.1, 0.15) is 39.5 Å².